The molecule has 2 N–H and O–H groups in total. The Labute approximate surface area is 118 Å². The Morgan fingerprint density at radius 1 is 1.60 bits per heavy atom. The molecule has 1 saturated carbocycles. The van der Waals surface area contributed by atoms with Gasteiger partial charge in [0.05, 0.1) is 5.60 Å². The molecule has 0 bridgehead atoms. The normalized spacial score (nSPS) is 26.4. The minimum Gasteiger partial charge on any atom is -0.388 e. The van der Waals surface area contributed by atoms with Crippen LogP contribution in [0, 0.1) is 5.92 Å². The van der Waals surface area contributed by atoms with E-state index >= 15 is 0 Å². The van der Waals surface area contributed by atoms with Crippen LogP contribution in [0.5, 0.6) is 0 Å². The first kappa shape index (κ1) is 15.0. The molecule has 1 aliphatic carbocycles. The van der Waals surface area contributed by atoms with Gasteiger partial charge in [-0.15, -0.1) is 0 Å². The van der Waals surface area contributed by atoms with Gasteiger partial charge in [0.25, 0.3) is 5.91 Å². The molecule has 1 fully saturated rings. The summed E-state index contributed by atoms with van der Waals surface area (Å²) in [5, 5.41) is 16.8. The molecular weight excluding hydrogens is 260 g/mol. The first-order chi connectivity index (χ1) is 9.52. The van der Waals surface area contributed by atoms with Crippen LogP contribution in [-0.4, -0.2) is 35.4 Å². The minimum atomic E-state index is -0.790. The van der Waals surface area contributed by atoms with Gasteiger partial charge in [-0.25, -0.2) is 0 Å². The standard InChI is InChI=1S/C14H22N2O4/c1-10-3-5-14(18,6-4-10)9-15-13(17)12-7-11(8-19-2)20-16-12/h7,10,18H,3-6,8-9H2,1-2H3,(H,15,17). The number of amides is 1. The number of hydrogen-bond donors (Lipinski definition) is 2. The summed E-state index contributed by atoms with van der Waals surface area (Å²) in [7, 11) is 1.54. The predicted octanol–water partition coefficient (Wildman–Crippen LogP) is 1.49. The van der Waals surface area contributed by atoms with E-state index in [-0.39, 0.29) is 24.8 Å². The van der Waals surface area contributed by atoms with Crippen LogP contribution in [-0.2, 0) is 11.3 Å². The predicted molar refractivity (Wildman–Crippen MR) is 72.1 cm³/mol. The zero-order valence-electron chi connectivity index (χ0n) is 12.0. The lowest BCUT2D eigenvalue weighted by Gasteiger charge is -2.34. The largest absolute Gasteiger partial charge is 0.388 e. The van der Waals surface area contributed by atoms with Crippen molar-refractivity contribution >= 4 is 5.91 Å². The Balaban J connectivity index is 1.85. The third-order valence-electron chi connectivity index (χ3n) is 3.86. The molecule has 0 aromatic carbocycles. The van der Waals surface area contributed by atoms with E-state index in [1.807, 2.05) is 0 Å². The summed E-state index contributed by atoms with van der Waals surface area (Å²) >= 11 is 0. The maximum Gasteiger partial charge on any atom is 0.273 e. The van der Waals surface area contributed by atoms with Crippen molar-refractivity contribution in [2.45, 2.75) is 44.8 Å². The number of rotatable bonds is 5. The summed E-state index contributed by atoms with van der Waals surface area (Å²) < 4.78 is 9.86. The van der Waals surface area contributed by atoms with Crippen molar-refractivity contribution in [1.82, 2.24) is 10.5 Å². The van der Waals surface area contributed by atoms with Gasteiger partial charge >= 0.3 is 0 Å². The second-order valence-electron chi connectivity index (χ2n) is 5.70. The van der Waals surface area contributed by atoms with E-state index in [0.29, 0.717) is 11.7 Å². The van der Waals surface area contributed by atoms with E-state index in [4.69, 9.17) is 9.26 Å². The number of nitrogens with one attached hydrogen (secondary N) is 1. The van der Waals surface area contributed by atoms with Crippen molar-refractivity contribution in [2.24, 2.45) is 5.92 Å². The summed E-state index contributed by atoms with van der Waals surface area (Å²) in [5.74, 6) is 0.823. The molecule has 0 unspecified atom stereocenters. The summed E-state index contributed by atoms with van der Waals surface area (Å²) in [6.07, 6.45) is 3.44. The van der Waals surface area contributed by atoms with Crippen molar-refractivity contribution in [3.8, 4) is 0 Å². The molecule has 2 rings (SSSR count). The Hall–Kier alpha value is -1.40. The molecule has 0 radical (unpaired) electrons. The Kier molecular flexibility index (Phi) is 4.77. The number of methoxy groups -OCH3 is 1. The molecule has 1 aromatic heterocycles. The van der Waals surface area contributed by atoms with Crippen molar-refractivity contribution in [1.29, 1.82) is 0 Å². The van der Waals surface area contributed by atoms with Gasteiger partial charge in [0, 0.05) is 19.7 Å². The molecule has 1 aliphatic rings. The molecule has 6 nitrogen and oxygen atoms in total. The third-order valence-corrected chi connectivity index (χ3v) is 3.86. The maximum absolute atomic E-state index is 11.9. The molecule has 20 heavy (non-hydrogen) atoms. The fourth-order valence-corrected chi connectivity index (χ4v) is 2.44. The molecule has 112 valence electrons. The Morgan fingerprint density at radius 3 is 2.95 bits per heavy atom. The van der Waals surface area contributed by atoms with Gasteiger partial charge < -0.3 is 19.7 Å². The van der Waals surface area contributed by atoms with Crippen LogP contribution in [0.2, 0.25) is 0 Å². The fraction of sp³-hybridized carbons (Fsp3) is 0.714. The number of nitrogens with zero attached hydrogens (tertiary/aromatic N) is 1. The molecule has 0 spiro atoms. The highest BCUT2D eigenvalue weighted by Gasteiger charge is 2.32. The SMILES string of the molecule is COCc1cc(C(=O)NCC2(O)CCC(C)CC2)no1. The Bertz CT molecular complexity index is 450. The second kappa shape index (κ2) is 6.37. The van der Waals surface area contributed by atoms with E-state index in [0.717, 1.165) is 25.7 Å². The first-order valence-electron chi connectivity index (χ1n) is 6.97. The van der Waals surface area contributed by atoms with Crippen LogP contribution in [0.15, 0.2) is 10.6 Å². The Morgan fingerprint density at radius 2 is 2.30 bits per heavy atom. The average Bonchev–Trinajstić information content (AvgIpc) is 2.89. The van der Waals surface area contributed by atoms with Crippen LogP contribution in [0.3, 0.4) is 0 Å². The number of aliphatic hydroxyl groups is 1. The topological polar surface area (TPSA) is 84.6 Å². The molecule has 6 heteroatoms. The number of carbonyl (C=O) groups is 1. The van der Waals surface area contributed by atoms with Crippen LogP contribution in [0.25, 0.3) is 0 Å². The minimum absolute atomic E-state index is 0.213. The number of carbonyl (C=O) groups excluding carboxylic acids is 1. The number of aromatic nitrogens is 1. The van der Waals surface area contributed by atoms with Crippen molar-refractivity contribution < 1.29 is 19.2 Å². The van der Waals surface area contributed by atoms with Gasteiger partial charge in [-0.05, 0) is 31.6 Å². The van der Waals surface area contributed by atoms with Crippen molar-refractivity contribution in [3.05, 3.63) is 17.5 Å². The van der Waals surface area contributed by atoms with Gasteiger partial charge in [-0.1, -0.05) is 12.1 Å². The van der Waals surface area contributed by atoms with Crippen LogP contribution in [0.4, 0.5) is 0 Å². The van der Waals surface area contributed by atoms with Gasteiger partial charge in [0.15, 0.2) is 11.5 Å². The smallest absolute Gasteiger partial charge is 0.273 e. The van der Waals surface area contributed by atoms with Crippen molar-refractivity contribution in [3.63, 3.8) is 0 Å². The lowest BCUT2D eigenvalue weighted by atomic mass is 9.79. The van der Waals surface area contributed by atoms with E-state index < -0.39 is 5.60 Å². The number of ether oxygens (including phenoxy) is 1. The molecule has 1 heterocycles. The van der Waals surface area contributed by atoms with Gasteiger partial charge in [-0.3, -0.25) is 4.79 Å². The molecule has 0 atom stereocenters. The van der Waals surface area contributed by atoms with Gasteiger partial charge in [0.2, 0.25) is 0 Å². The van der Waals surface area contributed by atoms with Crippen molar-refractivity contribution in [2.75, 3.05) is 13.7 Å². The monoisotopic (exact) mass is 282 g/mol. The zero-order chi connectivity index (χ0) is 14.6. The van der Waals surface area contributed by atoms with E-state index in [2.05, 4.69) is 17.4 Å². The molecule has 0 aliphatic heterocycles. The average molecular weight is 282 g/mol. The molecule has 1 amide bonds. The lowest BCUT2D eigenvalue weighted by Crippen LogP contribution is -2.45. The summed E-state index contributed by atoms with van der Waals surface area (Å²) in [6, 6.07) is 1.55. The molecular formula is C14H22N2O4. The lowest BCUT2D eigenvalue weighted by molar-refractivity contribution is -0.00546. The second-order valence-corrected chi connectivity index (χ2v) is 5.70. The van der Waals surface area contributed by atoms with E-state index in [1.54, 1.807) is 13.2 Å². The van der Waals surface area contributed by atoms with Crippen LogP contribution in [0.1, 0.15) is 48.9 Å². The third kappa shape index (κ3) is 3.80. The highest BCUT2D eigenvalue weighted by atomic mass is 16.5. The van der Waals surface area contributed by atoms with E-state index in [1.165, 1.54) is 0 Å². The fourth-order valence-electron chi connectivity index (χ4n) is 2.44. The highest BCUT2D eigenvalue weighted by Crippen LogP contribution is 2.31. The molecule has 1 aromatic rings. The number of hydrogen-bond acceptors (Lipinski definition) is 5. The maximum atomic E-state index is 11.9. The summed E-state index contributed by atoms with van der Waals surface area (Å²) in [4.78, 5) is 11.9. The zero-order valence-corrected chi connectivity index (χ0v) is 12.0. The van der Waals surface area contributed by atoms with E-state index in [9.17, 15) is 9.90 Å². The summed E-state index contributed by atoms with van der Waals surface area (Å²) in [6.45, 7) is 2.72. The summed E-state index contributed by atoms with van der Waals surface area (Å²) in [5.41, 5.74) is -0.578. The quantitative estimate of drug-likeness (QED) is 0.854. The molecule has 0 saturated heterocycles. The first-order valence-corrected chi connectivity index (χ1v) is 6.97. The van der Waals surface area contributed by atoms with Crippen LogP contribution < -0.4 is 5.32 Å². The van der Waals surface area contributed by atoms with Crippen LogP contribution >= 0.6 is 0 Å². The van der Waals surface area contributed by atoms with Gasteiger partial charge in [-0.2, -0.15) is 0 Å². The van der Waals surface area contributed by atoms with Gasteiger partial charge in [0.1, 0.15) is 6.61 Å². The highest BCUT2D eigenvalue weighted by molar-refractivity contribution is 5.92.